The van der Waals surface area contributed by atoms with E-state index in [4.69, 9.17) is 4.74 Å². The van der Waals surface area contributed by atoms with Crippen molar-refractivity contribution in [3.8, 4) is 17.0 Å². The van der Waals surface area contributed by atoms with Gasteiger partial charge in [-0.25, -0.2) is 4.68 Å². The number of rotatable bonds is 7. The molecule has 3 aromatic rings. The molecule has 0 spiro atoms. The van der Waals surface area contributed by atoms with Gasteiger partial charge in [0.05, 0.1) is 17.8 Å². The fraction of sp³-hybridized carbons (Fsp3) is 0.200. The van der Waals surface area contributed by atoms with Crippen molar-refractivity contribution in [2.75, 3.05) is 13.2 Å². The number of nitrogens with one attached hydrogen (secondary N) is 1. The van der Waals surface area contributed by atoms with Crippen LogP contribution in [0.1, 0.15) is 5.56 Å². The summed E-state index contributed by atoms with van der Waals surface area (Å²) in [5.41, 5.74) is -0.0782. The summed E-state index contributed by atoms with van der Waals surface area (Å²) in [6.07, 6.45) is -1.27. The third-order valence-electron chi connectivity index (χ3n) is 3.97. The first-order chi connectivity index (χ1) is 14.3. The van der Waals surface area contributed by atoms with Gasteiger partial charge in [-0.15, -0.1) is 0 Å². The molecule has 1 aromatic carbocycles. The van der Waals surface area contributed by atoms with Crippen molar-refractivity contribution in [3.05, 3.63) is 76.8 Å². The number of pyridine rings is 1. The lowest BCUT2D eigenvalue weighted by atomic mass is 10.2. The minimum atomic E-state index is -4.46. The molecule has 0 atom stereocenters. The van der Waals surface area contributed by atoms with Crippen molar-refractivity contribution >= 4 is 5.91 Å². The summed E-state index contributed by atoms with van der Waals surface area (Å²) in [6, 6.07) is 10.8. The van der Waals surface area contributed by atoms with Crippen LogP contribution in [0.4, 0.5) is 13.2 Å². The molecule has 0 bridgehead atoms. The first-order valence-electron chi connectivity index (χ1n) is 8.88. The van der Waals surface area contributed by atoms with Crippen LogP contribution in [0, 0.1) is 0 Å². The largest absolute Gasteiger partial charge is 0.492 e. The molecule has 7 nitrogen and oxygen atoms in total. The number of aromatic nitrogens is 3. The van der Waals surface area contributed by atoms with Crippen molar-refractivity contribution in [3.63, 3.8) is 0 Å². The Bertz CT molecular complexity index is 1070. The molecule has 0 aliphatic heterocycles. The topological polar surface area (TPSA) is 86.1 Å². The van der Waals surface area contributed by atoms with Gasteiger partial charge in [-0.05, 0) is 36.4 Å². The van der Waals surface area contributed by atoms with Crippen LogP contribution in [-0.4, -0.2) is 33.8 Å². The van der Waals surface area contributed by atoms with Crippen molar-refractivity contribution in [1.29, 1.82) is 0 Å². The lowest BCUT2D eigenvalue weighted by Crippen LogP contribution is -2.35. The number of alkyl halides is 3. The van der Waals surface area contributed by atoms with E-state index in [1.165, 1.54) is 24.3 Å². The molecule has 0 saturated carbocycles. The zero-order valence-corrected chi connectivity index (χ0v) is 15.6. The Morgan fingerprint density at radius 3 is 2.70 bits per heavy atom. The lowest BCUT2D eigenvalue weighted by molar-refractivity contribution is -0.137. The summed E-state index contributed by atoms with van der Waals surface area (Å²) in [6.45, 7) is -0.298. The number of nitrogens with zero attached hydrogens (tertiary/aromatic N) is 3. The number of hydrogen-bond acceptors (Lipinski definition) is 5. The van der Waals surface area contributed by atoms with Crippen LogP contribution in [0.15, 0.2) is 65.7 Å². The molecule has 156 valence electrons. The van der Waals surface area contributed by atoms with Crippen molar-refractivity contribution in [2.45, 2.75) is 12.7 Å². The minimum Gasteiger partial charge on any atom is -0.492 e. The van der Waals surface area contributed by atoms with E-state index in [0.717, 1.165) is 16.8 Å². The molecule has 2 aromatic heterocycles. The number of benzene rings is 1. The molecule has 10 heteroatoms. The van der Waals surface area contributed by atoms with Crippen LogP contribution >= 0.6 is 0 Å². The first kappa shape index (κ1) is 21.0. The van der Waals surface area contributed by atoms with Crippen LogP contribution in [0.2, 0.25) is 0 Å². The van der Waals surface area contributed by atoms with Gasteiger partial charge in [0.2, 0.25) is 5.91 Å². The Labute approximate surface area is 169 Å². The van der Waals surface area contributed by atoms with Crippen molar-refractivity contribution < 1.29 is 22.7 Å². The second-order valence-electron chi connectivity index (χ2n) is 6.18. The van der Waals surface area contributed by atoms with Gasteiger partial charge in [0.1, 0.15) is 18.9 Å². The van der Waals surface area contributed by atoms with Gasteiger partial charge in [-0.1, -0.05) is 6.07 Å². The lowest BCUT2D eigenvalue weighted by Gasteiger charge is -2.11. The Hall–Kier alpha value is -3.69. The molecule has 0 unspecified atom stereocenters. The minimum absolute atomic E-state index is 0.0366. The number of carbonyl (C=O) groups is 1. The third kappa shape index (κ3) is 5.66. The average molecular weight is 418 g/mol. The van der Waals surface area contributed by atoms with Gasteiger partial charge in [0.15, 0.2) is 0 Å². The summed E-state index contributed by atoms with van der Waals surface area (Å²) in [5.74, 6) is -0.443. The predicted molar refractivity (Wildman–Crippen MR) is 102 cm³/mol. The fourth-order valence-corrected chi connectivity index (χ4v) is 2.54. The van der Waals surface area contributed by atoms with E-state index in [9.17, 15) is 22.8 Å². The van der Waals surface area contributed by atoms with E-state index in [2.05, 4.69) is 15.4 Å². The molecule has 1 amide bonds. The highest BCUT2D eigenvalue weighted by atomic mass is 19.4. The van der Waals surface area contributed by atoms with E-state index >= 15 is 0 Å². The van der Waals surface area contributed by atoms with E-state index in [-0.39, 0.29) is 25.4 Å². The first-order valence-corrected chi connectivity index (χ1v) is 8.88. The molecule has 3 rings (SSSR count). The van der Waals surface area contributed by atoms with E-state index < -0.39 is 23.2 Å². The van der Waals surface area contributed by atoms with E-state index in [1.807, 2.05) is 0 Å². The van der Waals surface area contributed by atoms with Crippen LogP contribution in [0.25, 0.3) is 11.3 Å². The summed E-state index contributed by atoms with van der Waals surface area (Å²) < 4.78 is 44.3. The fourth-order valence-electron chi connectivity index (χ4n) is 2.54. The zero-order chi connectivity index (χ0) is 21.6. The molecule has 1 N–H and O–H groups in total. The van der Waals surface area contributed by atoms with Crippen molar-refractivity contribution in [2.24, 2.45) is 0 Å². The van der Waals surface area contributed by atoms with Gasteiger partial charge < -0.3 is 10.1 Å². The van der Waals surface area contributed by atoms with E-state index in [0.29, 0.717) is 11.3 Å². The highest BCUT2D eigenvalue weighted by molar-refractivity contribution is 5.75. The quantitative estimate of drug-likeness (QED) is 0.596. The second kappa shape index (κ2) is 9.21. The smallest absolute Gasteiger partial charge is 0.416 e. The Morgan fingerprint density at radius 2 is 1.97 bits per heavy atom. The number of hydrogen-bond donors (Lipinski definition) is 1. The molecule has 0 aliphatic carbocycles. The van der Waals surface area contributed by atoms with Crippen LogP contribution < -0.4 is 15.6 Å². The molecular weight excluding hydrogens is 401 g/mol. The second-order valence-corrected chi connectivity index (χ2v) is 6.18. The SMILES string of the molecule is O=C(Cn1nc(-c2cccnc2)ccc1=O)NCCOc1cccc(C(F)(F)F)c1. The standard InChI is InChI=1S/C20H17F3N4O3/c21-20(22,23)15-4-1-5-16(11-15)30-10-9-25-18(28)13-27-19(29)7-6-17(26-27)14-3-2-8-24-12-14/h1-8,11-12H,9-10,13H2,(H,25,28). The van der Waals surface area contributed by atoms with E-state index in [1.54, 1.807) is 24.5 Å². The average Bonchev–Trinajstić information content (AvgIpc) is 2.73. The van der Waals surface area contributed by atoms with Gasteiger partial charge >= 0.3 is 6.18 Å². The molecule has 30 heavy (non-hydrogen) atoms. The summed E-state index contributed by atoms with van der Waals surface area (Å²) in [4.78, 5) is 28.0. The van der Waals surface area contributed by atoms with Gasteiger partial charge in [0.25, 0.3) is 5.56 Å². The maximum absolute atomic E-state index is 12.7. The highest BCUT2D eigenvalue weighted by Crippen LogP contribution is 2.31. The normalized spacial score (nSPS) is 11.2. The van der Waals surface area contributed by atoms with Crippen molar-refractivity contribution in [1.82, 2.24) is 20.1 Å². The van der Waals surface area contributed by atoms with Gasteiger partial charge in [0, 0.05) is 24.0 Å². The summed E-state index contributed by atoms with van der Waals surface area (Å²) in [5, 5.41) is 6.69. The number of ether oxygens (including phenoxy) is 1. The zero-order valence-electron chi connectivity index (χ0n) is 15.6. The molecule has 0 aliphatic rings. The number of amides is 1. The number of halogens is 3. The molecule has 0 fully saturated rings. The summed E-state index contributed by atoms with van der Waals surface area (Å²) >= 11 is 0. The Kier molecular flexibility index (Phi) is 6.45. The Balaban J connectivity index is 1.53. The molecular formula is C20H17F3N4O3. The third-order valence-corrected chi connectivity index (χ3v) is 3.97. The Morgan fingerprint density at radius 1 is 1.13 bits per heavy atom. The molecule has 0 radical (unpaired) electrons. The highest BCUT2D eigenvalue weighted by Gasteiger charge is 2.30. The van der Waals surface area contributed by atoms with Gasteiger partial charge in [-0.3, -0.25) is 14.6 Å². The molecule has 2 heterocycles. The van der Waals surface area contributed by atoms with Gasteiger partial charge in [-0.2, -0.15) is 18.3 Å². The van der Waals surface area contributed by atoms with Crippen LogP contribution in [0.3, 0.4) is 0 Å². The molecule has 0 saturated heterocycles. The maximum Gasteiger partial charge on any atom is 0.416 e. The maximum atomic E-state index is 12.7. The monoisotopic (exact) mass is 418 g/mol. The van der Waals surface area contributed by atoms with Crippen LogP contribution in [0.5, 0.6) is 5.75 Å². The van der Waals surface area contributed by atoms with Crippen LogP contribution in [-0.2, 0) is 17.5 Å². The predicted octanol–water partition coefficient (Wildman–Crippen LogP) is 2.52. The number of carbonyl (C=O) groups excluding carboxylic acids is 1. The summed E-state index contributed by atoms with van der Waals surface area (Å²) in [7, 11) is 0.